The molecule has 0 radical (unpaired) electrons. The first-order valence-corrected chi connectivity index (χ1v) is 5.71. The van der Waals surface area contributed by atoms with Crippen LogP contribution in [0.25, 0.3) is 0 Å². The SMILES string of the molecule is CCC(C)NC(=O)C(C)NC(C)CC(N)=O. The molecule has 0 fully saturated rings. The number of carbonyl (C=O) groups excluding carboxylic acids is 2. The van der Waals surface area contributed by atoms with Crippen LogP contribution in [-0.4, -0.2) is 29.9 Å². The van der Waals surface area contributed by atoms with Crippen molar-refractivity contribution in [2.24, 2.45) is 5.73 Å². The van der Waals surface area contributed by atoms with Crippen LogP contribution in [-0.2, 0) is 9.59 Å². The van der Waals surface area contributed by atoms with Gasteiger partial charge in [-0.15, -0.1) is 0 Å². The maximum absolute atomic E-state index is 11.6. The fourth-order valence-electron chi connectivity index (χ4n) is 1.33. The van der Waals surface area contributed by atoms with Crippen LogP contribution in [0.5, 0.6) is 0 Å². The third-order valence-electron chi connectivity index (χ3n) is 2.44. The summed E-state index contributed by atoms with van der Waals surface area (Å²) in [4.78, 5) is 22.3. The molecule has 3 unspecified atom stereocenters. The molecule has 3 atom stereocenters. The van der Waals surface area contributed by atoms with E-state index >= 15 is 0 Å². The minimum Gasteiger partial charge on any atom is -0.370 e. The van der Waals surface area contributed by atoms with Crippen LogP contribution < -0.4 is 16.4 Å². The van der Waals surface area contributed by atoms with Crippen molar-refractivity contribution < 1.29 is 9.59 Å². The summed E-state index contributed by atoms with van der Waals surface area (Å²) in [5, 5.41) is 5.90. The summed E-state index contributed by atoms with van der Waals surface area (Å²) >= 11 is 0. The summed E-state index contributed by atoms with van der Waals surface area (Å²) in [6.07, 6.45) is 1.14. The van der Waals surface area contributed by atoms with E-state index in [4.69, 9.17) is 5.73 Å². The van der Waals surface area contributed by atoms with E-state index in [2.05, 4.69) is 10.6 Å². The summed E-state index contributed by atoms with van der Waals surface area (Å²) < 4.78 is 0. The maximum Gasteiger partial charge on any atom is 0.237 e. The molecule has 0 aromatic rings. The molecule has 4 N–H and O–H groups in total. The molecule has 0 heterocycles. The standard InChI is InChI=1S/C11H23N3O2/c1-5-7(2)14-11(16)9(4)13-8(3)6-10(12)15/h7-9,13H,5-6H2,1-4H3,(H2,12,15)(H,14,16). The van der Waals surface area contributed by atoms with Gasteiger partial charge in [0.2, 0.25) is 11.8 Å². The number of nitrogens with two attached hydrogens (primary N) is 1. The maximum atomic E-state index is 11.6. The van der Waals surface area contributed by atoms with Crippen molar-refractivity contribution in [3.8, 4) is 0 Å². The second kappa shape index (κ2) is 7.22. The molecule has 0 spiro atoms. The van der Waals surface area contributed by atoms with Gasteiger partial charge in [-0.25, -0.2) is 0 Å². The van der Waals surface area contributed by atoms with Gasteiger partial charge in [-0.3, -0.25) is 9.59 Å². The van der Waals surface area contributed by atoms with Gasteiger partial charge in [-0.05, 0) is 27.2 Å². The van der Waals surface area contributed by atoms with Gasteiger partial charge in [0.1, 0.15) is 0 Å². The van der Waals surface area contributed by atoms with Gasteiger partial charge in [-0.2, -0.15) is 0 Å². The fraction of sp³-hybridized carbons (Fsp3) is 0.818. The Morgan fingerprint density at radius 2 is 1.75 bits per heavy atom. The molecule has 94 valence electrons. The zero-order valence-corrected chi connectivity index (χ0v) is 10.5. The summed E-state index contributed by atoms with van der Waals surface area (Å²) in [6, 6.07) is -0.235. The molecular formula is C11H23N3O2. The van der Waals surface area contributed by atoms with Crippen LogP contribution >= 0.6 is 0 Å². The molecule has 0 aliphatic heterocycles. The third-order valence-corrected chi connectivity index (χ3v) is 2.44. The number of primary amides is 1. The summed E-state index contributed by atoms with van der Waals surface area (Å²) in [7, 11) is 0. The molecule has 0 aliphatic carbocycles. The van der Waals surface area contributed by atoms with Gasteiger partial charge in [0.15, 0.2) is 0 Å². The van der Waals surface area contributed by atoms with Crippen molar-refractivity contribution in [3.63, 3.8) is 0 Å². The van der Waals surface area contributed by atoms with Crippen LogP contribution in [0.15, 0.2) is 0 Å². The molecule has 2 amide bonds. The number of rotatable bonds is 7. The Morgan fingerprint density at radius 3 is 2.19 bits per heavy atom. The van der Waals surface area contributed by atoms with Crippen molar-refractivity contribution >= 4 is 11.8 Å². The first kappa shape index (κ1) is 14.9. The first-order chi connectivity index (χ1) is 7.36. The quantitative estimate of drug-likeness (QED) is 0.580. The highest BCUT2D eigenvalue weighted by atomic mass is 16.2. The number of amides is 2. The Kier molecular flexibility index (Phi) is 6.72. The van der Waals surface area contributed by atoms with E-state index in [1.165, 1.54) is 0 Å². The molecule has 16 heavy (non-hydrogen) atoms. The van der Waals surface area contributed by atoms with E-state index in [9.17, 15) is 9.59 Å². The average Bonchev–Trinajstić information content (AvgIpc) is 2.15. The number of hydrogen-bond donors (Lipinski definition) is 3. The smallest absolute Gasteiger partial charge is 0.237 e. The summed E-state index contributed by atoms with van der Waals surface area (Å²) in [6.45, 7) is 7.57. The predicted octanol–water partition coefficient (Wildman–Crippen LogP) is 0.143. The van der Waals surface area contributed by atoms with Crippen molar-refractivity contribution in [2.45, 2.75) is 58.7 Å². The Hall–Kier alpha value is -1.10. The van der Waals surface area contributed by atoms with Gasteiger partial charge < -0.3 is 16.4 Å². The monoisotopic (exact) mass is 229 g/mol. The first-order valence-electron chi connectivity index (χ1n) is 5.71. The lowest BCUT2D eigenvalue weighted by Crippen LogP contribution is -2.48. The molecule has 0 aromatic carbocycles. The molecule has 0 saturated carbocycles. The van der Waals surface area contributed by atoms with E-state index in [1.807, 2.05) is 20.8 Å². The second-order valence-corrected chi connectivity index (χ2v) is 4.28. The minimum absolute atomic E-state index is 0.0503. The fourth-order valence-corrected chi connectivity index (χ4v) is 1.33. The predicted molar refractivity (Wildman–Crippen MR) is 63.8 cm³/mol. The largest absolute Gasteiger partial charge is 0.370 e. The Labute approximate surface area is 97.2 Å². The highest BCUT2D eigenvalue weighted by molar-refractivity contribution is 5.81. The summed E-state index contributed by atoms with van der Waals surface area (Å²) in [5.74, 6) is -0.416. The lowest BCUT2D eigenvalue weighted by Gasteiger charge is -2.20. The third kappa shape index (κ3) is 6.40. The number of nitrogens with one attached hydrogen (secondary N) is 2. The lowest BCUT2D eigenvalue weighted by atomic mass is 10.2. The van der Waals surface area contributed by atoms with Gasteiger partial charge in [0.25, 0.3) is 0 Å². The van der Waals surface area contributed by atoms with Crippen molar-refractivity contribution in [1.29, 1.82) is 0 Å². The van der Waals surface area contributed by atoms with Crippen LogP contribution in [0.2, 0.25) is 0 Å². The Morgan fingerprint density at radius 1 is 1.19 bits per heavy atom. The Balaban J connectivity index is 3.99. The molecule has 0 rings (SSSR count). The summed E-state index contributed by atoms with van der Waals surface area (Å²) in [5.41, 5.74) is 5.07. The van der Waals surface area contributed by atoms with Crippen LogP contribution in [0, 0.1) is 0 Å². The van der Waals surface area contributed by atoms with E-state index in [0.717, 1.165) is 6.42 Å². The topological polar surface area (TPSA) is 84.2 Å². The molecule has 0 saturated heterocycles. The van der Waals surface area contributed by atoms with Gasteiger partial charge >= 0.3 is 0 Å². The van der Waals surface area contributed by atoms with Gasteiger partial charge in [0.05, 0.1) is 6.04 Å². The highest BCUT2D eigenvalue weighted by Crippen LogP contribution is 1.95. The van der Waals surface area contributed by atoms with Crippen molar-refractivity contribution in [2.75, 3.05) is 0 Å². The normalized spacial score (nSPS) is 16.2. The molecule has 0 aliphatic rings. The van der Waals surface area contributed by atoms with E-state index in [0.29, 0.717) is 0 Å². The zero-order chi connectivity index (χ0) is 12.7. The molecular weight excluding hydrogens is 206 g/mol. The van der Waals surface area contributed by atoms with Crippen LogP contribution in [0.3, 0.4) is 0 Å². The van der Waals surface area contributed by atoms with E-state index in [1.54, 1.807) is 6.92 Å². The number of hydrogen-bond acceptors (Lipinski definition) is 3. The van der Waals surface area contributed by atoms with Crippen LogP contribution in [0.1, 0.15) is 40.5 Å². The van der Waals surface area contributed by atoms with Gasteiger partial charge in [-0.1, -0.05) is 6.92 Å². The van der Waals surface area contributed by atoms with Crippen molar-refractivity contribution in [1.82, 2.24) is 10.6 Å². The highest BCUT2D eigenvalue weighted by Gasteiger charge is 2.17. The van der Waals surface area contributed by atoms with Gasteiger partial charge in [0, 0.05) is 18.5 Å². The molecule has 0 aromatic heterocycles. The molecule has 0 bridgehead atoms. The van der Waals surface area contributed by atoms with E-state index < -0.39 is 0 Å². The second-order valence-electron chi connectivity index (χ2n) is 4.28. The molecule has 5 heteroatoms. The lowest BCUT2D eigenvalue weighted by molar-refractivity contribution is -0.124. The average molecular weight is 229 g/mol. The zero-order valence-electron chi connectivity index (χ0n) is 10.5. The Bertz CT molecular complexity index is 243. The number of carbonyl (C=O) groups is 2. The van der Waals surface area contributed by atoms with E-state index in [-0.39, 0.29) is 36.4 Å². The van der Waals surface area contributed by atoms with Crippen molar-refractivity contribution in [3.05, 3.63) is 0 Å². The molecule has 5 nitrogen and oxygen atoms in total. The minimum atomic E-state index is -0.366. The van der Waals surface area contributed by atoms with Crippen LogP contribution in [0.4, 0.5) is 0 Å².